The van der Waals surface area contributed by atoms with E-state index in [0.717, 1.165) is 25.2 Å². The molecule has 4 heteroatoms. The van der Waals surface area contributed by atoms with Crippen molar-refractivity contribution in [3.63, 3.8) is 0 Å². The standard InChI is InChI=1S/C16H24ClFN2/c1-4-5-12-10-20(16(9-19-12)11(2)3)13-6-7-15(18)14(17)8-13/h6-8,11-12,16,19H,4-5,9-10H2,1-3H3. The van der Waals surface area contributed by atoms with Gasteiger partial charge in [0.2, 0.25) is 0 Å². The van der Waals surface area contributed by atoms with Crippen LogP contribution < -0.4 is 10.2 Å². The zero-order valence-electron chi connectivity index (χ0n) is 12.5. The number of nitrogens with zero attached hydrogens (tertiary/aromatic N) is 1. The molecule has 0 radical (unpaired) electrons. The van der Waals surface area contributed by atoms with Gasteiger partial charge in [-0.25, -0.2) is 4.39 Å². The first-order valence-corrected chi connectivity index (χ1v) is 7.85. The molecule has 2 rings (SSSR count). The summed E-state index contributed by atoms with van der Waals surface area (Å²) in [7, 11) is 0. The third-order valence-corrected chi connectivity index (χ3v) is 4.36. The van der Waals surface area contributed by atoms with Crippen LogP contribution in [0.15, 0.2) is 18.2 Å². The molecule has 1 saturated heterocycles. The van der Waals surface area contributed by atoms with Gasteiger partial charge in [0.25, 0.3) is 0 Å². The molecule has 0 aliphatic carbocycles. The second-order valence-corrected chi connectivity index (χ2v) is 6.36. The Morgan fingerprint density at radius 2 is 2.20 bits per heavy atom. The van der Waals surface area contributed by atoms with Gasteiger partial charge in [0.15, 0.2) is 0 Å². The van der Waals surface area contributed by atoms with E-state index in [1.807, 2.05) is 6.07 Å². The van der Waals surface area contributed by atoms with E-state index in [1.54, 1.807) is 6.07 Å². The quantitative estimate of drug-likeness (QED) is 0.901. The molecular formula is C16H24ClFN2. The third-order valence-electron chi connectivity index (χ3n) is 4.07. The number of piperazine rings is 1. The molecule has 0 aromatic heterocycles. The molecule has 1 heterocycles. The Bertz CT molecular complexity index is 450. The summed E-state index contributed by atoms with van der Waals surface area (Å²) in [4.78, 5) is 2.38. The molecule has 1 aromatic rings. The summed E-state index contributed by atoms with van der Waals surface area (Å²) in [6.45, 7) is 8.58. The lowest BCUT2D eigenvalue weighted by atomic mass is 9.96. The maximum Gasteiger partial charge on any atom is 0.141 e. The fourth-order valence-electron chi connectivity index (χ4n) is 2.93. The van der Waals surface area contributed by atoms with Crippen molar-refractivity contribution in [1.82, 2.24) is 5.32 Å². The third kappa shape index (κ3) is 3.44. The van der Waals surface area contributed by atoms with Gasteiger partial charge in [-0.15, -0.1) is 0 Å². The molecule has 2 unspecified atom stereocenters. The van der Waals surface area contributed by atoms with Gasteiger partial charge in [-0.05, 0) is 30.5 Å². The zero-order chi connectivity index (χ0) is 14.7. The van der Waals surface area contributed by atoms with Crippen LogP contribution in [-0.4, -0.2) is 25.2 Å². The smallest absolute Gasteiger partial charge is 0.141 e. The summed E-state index contributed by atoms with van der Waals surface area (Å²) in [6.07, 6.45) is 2.33. The Kier molecular flexibility index (Phi) is 5.28. The molecule has 1 N–H and O–H groups in total. The highest BCUT2D eigenvalue weighted by Gasteiger charge is 2.29. The average molecular weight is 299 g/mol. The Hall–Kier alpha value is -0.800. The Morgan fingerprint density at radius 1 is 1.45 bits per heavy atom. The molecule has 0 amide bonds. The van der Waals surface area contributed by atoms with Gasteiger partial charge in [0, 0.05) is 30.9 Å². The first kappa shape index (κ1) is 15.6. The number of nitrogens with one attached hydrogen (secondary N) is 1. The summed E-state index contributed by atoms with van der Waals surface area (Å²) in [5.41, 5.74) is 1.03. The van der Waals surface area contributed by atoms with Gasteiger partial charge in [-0.1, -0.05) is 38.8 Å². The van der Waals surface area contributed by atoms with Gasteiger partial charge in [-0.3, -0.25) is 0 Å². The van der Waals surface area contributed by atoms with E-state index in [-0.39, 0.29) is 10.8 Å². The maximum atomic E-state index is 13.4. The van der Waals surface area contributed by atoms with Crippen LogP contribution in [0.1, 0.15) is 33.6 Å². The van der Waals surface area contributed by atoms with Crippen molar-refractivity contribution in [2.24, 2.45) is 5.92 Å². The first-order valence-electron chi connectivity index (χ1n) is 7.48. The highest BCUT2D eigenvalue weighted by Crippen LogP contribution is 2.28. The van der Waals surface area contributed by atoms with E-state index in [1.165, 1.54) is 12.5 Å². The van der Waals surface area contributed by atoms with E-state index in [9.17, 15) is 4.39 Å². The van der Waals surface area contributed by atoms with Crippen LogP contribution in [0.3, 0.4) is 0 Å². The molecule has 0 bridgehead atoms. The minimum absolute atomic E-state index is 0.204. The van der Waals surface area contributed by atoms with E-state index in [0.29, 0.717) is 18.0 Å². The number of halogens is 2. The molecule has 0 saturated carbocycles. The monoisotopic (exact) mass is 298 g/mol. The van der Waals surface area contributed by atoms with Crippen molar-refractivity contribution in [1.29, 1.82) is 0 Å². The summed E-state index contributed by atoms with van der Waals surface area (Å²) >= 11 is 5.94. The van der Waals surface area contributed by atoms with E-state index >= 15 is 0 Å². The molecule has 0 spiro atoms. The van der Waals surface area contributed by atoms with Crippen molar-refractivity contribution >= 4 is 17.3 Å². The molecule has 20 heavy (non-hydrogen) atoms. The number of anilines is 1. The number of hydrogen-bond acceptors (Lipinski definition) is 2. The second-order valence-electron chi connectivity index (χ2n) is 5.96. The lowest BCUT2D eigenvalue weighted by Crippen LogP contribution is -2.58. The number of benzene rings is 1. The topological polar surface area (TPSA) is 15.3 Å². The molecule has 1 fully saturated rings. The van der Waals surface area contributed by atoms with Crippen molar-refractivity contribution < 1.29 is 4.39 Å². The van der Waals surface area contributed by atoms with Gasteiger partial charge >= 0.3 is 0 Å². The van der Waals surface area contributed by atoms with Crippen LogP contribution in [0.5, 0.6) is 0 Å². The van der Waals surface area contributed by atoms with Crippen LogP contribution >= 0.6 is 11.6 Å². The summed E-state index contributed by atoms with van der Waals surface area (Å²) in [5, 5.41) is 3.83. The Morgan fingerprint density at radius 3 is 2.80 bits per heavy atom. The van der Waals surface area contributed by atoms with Crippen LogP contribution in [0.4, 0.5) is 10.1 Å². The Balaban J connectivity index is 2.24. The molecular weight excluding hydrogens is 275 g/mol. The predicted molar refractivity (Wildman–Crippen MR) is 84.1 cm³/mol. The molecule has 1 aromatic carbocycles. The largest absolute Gasteiger partial charge is 0.365 e. The fraction of sp³-hybridized carbons (Fsp3) is 0.625. The zero-order valence-corrected chi connectivity index (χ0v) is 13.3. The van der Waals surface area contributed by atoms with Gasteiger partial charge in [0.05, 0.1) is 5.02 Å². The summed E-state index contributed by atoms with van der Waals surface area (Å²) in [6, 6.07) is 5.97. The molecule has 1 aliphatic rings. The second kappa shape index (κ2) is 6.77. The number of hydrogen-bond donors (Lipinski definition) is 1. The molecule has 2 atom stereocenters. The highest BCUT2D eigenvalue weighted by molar-refractivity contribution is 6.31. The normalized spacial score (nSPS) is 23.4. The van der Waals surface area contributed by atoms with Gasteiger partial charge in [-0.2, -0.15) is 0 Å². The van der Waals surface area contributed by atoms with Crippen molar-refractivity contribution in [2.45, 2.75) is 45.7 Å². The molecule has 112 valence electrons. The van der Waals surface area contributed by atoms with Gasteiger partial charge in [0.1, 0.15) is 5.82 Å². The van der Waals surface area contributed by atoms with Crippen LogP contribution in [-0.2, 0) is 0 Å². The first-order chi connectivity index (χ1) is 9.52. The van der Waals surface area contributed by atoms with Crippen molar-refractivity contribution in [2.75, 3.05) is 18.0 Å². The maximum absolute atomic E-state index is 13.4. The average Bonchev–Trinajstić information content (AvgIpc) is 2.42. The molecule has 1 aliphatic heterocycles. The van der Waals surface area contributed by atoms with Crippen molar-refractivity contribution in [3.05, 3.63) is 29.0 Å². The minimum atomic E-state index is -0.350. The van der Waals surface area contributed by atoms with E-state index in [4.69, 9.17) is 11.6 Å². The van der Waals surface area contributed by atoms with Crippen LogP contribution in [0, 0.1) is 11.7 Å². The highest BCUT2D eigenvalue weighted by atomic mass is 35.5. The molecule has 2 nitrogen and oxygen atoms in total. The van der Waals surface area contributed by atoms with E-state index in [2.05, 4.69) is 31.0 Å². The SMILES string of the molecule is CCCC1CN(c2ccc(F)c(Cl)c2)C(C(C)C)CN1. The predicted octanol–water partition coefficient (Wildman–Crippen LogP) is 4.08. The van der Waals surface area contributed by atoms with Crippen molar-refractivity contribution in [3.8, 4) is 0 Å². The van der Waals surface area contributed by atoms with Crippen LogP contribution in [0.25, 0.3) is 0 Å². The minimum Gasteiger partial charge on any atom is -0.365 e. The summed E-state index contributed by atoms with van der Waals surface area (Å²) < 4.78 is 13.4. The fourth-order valence-corrected chi connectivity index (χ4v) is 3.11. The number of rotatable bonds is 4. The summed E-state index contributed by atoms with van der Waals surface area (Å²) in [5.74, 6) is 0.186. The lowest BCUT2D eigenvalue weighted by molar-refractivity contribution is 0.327. The van der Waals surface area contributed by atoms with Crippen LogP contribution in [0.2, 0.25) is 5.02 Å². The Labute approximate surface area is 126 Å². The van der Waals surface area contributed by atoms with Gasteiger partial charge < -0.3 is 10.2 Å². The lowest BCUT2D eigenvalue weighted by Gasteiger charge is -2.44. The van der Waals surface area contributed by atoms with E-state index < -0.39 is 0 Å².